The molecular formula is C13H17N3. The van der Waals surface area contributed by atoms with E-state index < -0.39 is 0 Å². The van der Waals surface area contributed by atoms with Gasteiger partial charge < -0.3 is 5.73 Å². The van der Waals surface area contributed by atoms with Gasteiger partial charge in [0.1, 0.15) is 0 Å². The molecule has 2 N–H and O–H groups in total. The van der Waals surface area contributed by atoms with Crippen LogP contribution in [0.3, 0.4) is 0 Å². The van der Waals surface area contributed by atoms with Crippen LogP contribution >= 0.6 is 0 Å². The van der Waals surface area contributed by atoms with Crippen LogP contribution in [0.15, 0.2) is 18.2 Å². The van der Waals surface area contributed by atoms with Crippen molar-refractivity contribution in [1.29, 1.82) is 0 Å². The van der Waals surface area contributed by atoms with Crippen molar-refractivity contribution in [2.45, 2.75) is 38.8 Å². The fraction of sp³-hybridized carbons (Fsp3) is 0.462. The first-order valence-corrected chi connectivity index (χ1v) is 5.91. The number of para-hydroxylation sites is 1. The molecule has 3 rings (SSSR count). The highest BCUT2D eigenvalue weighted by Gasteiger charge is 2.41. The Kier molecular flexibility index (Phi) is 1.89. The lowest BCUT2D eigenvalue weighted by Gasteiger charge is -2.12. The van der Waals surface area contributed by atoms with Crippen LogP contribution in [0.5, 0.6) is 0 Å². The zero-order valence-corrected chi connectivity index (χ0v) is 9.83. The molecular weight excluding hydrogens is 198 g/mol. The van der Waals surface area contributed by atoms with Crippen molar-refractivity contribution in [3.63, 3.8) is 0 Å². The number of aryl methyl sites for hydroxylation is 2. The quantitative estimate of drug-likeness (QED) is 0.835. The normalized spacial score (nSPS) is 17.9. The predicted octanol–water partition coefficient (Wildman–Crippen LogP) is 2.31. The highest BCUT2D eigenvalue weighted by Crippen LogP contribution is 2.45. The van der Waals surface area contributed by atoms with Gasteiger partial charge in [-0.15, -0.1) is 0 Å². The minimum absolute atomic E-state index is 0.0844. The van der Waals surface area contributed by atoms with Gasteiger partial charge in [0.2, 0.25) is 0 Å². The molecule has 0 radical (unpaired) electrons. The molecule has 0 atom stereocenters. The monoisotopic (exact) mass is 215 g/mol. The van der Waals surface area contributed by atoms with Crippen molar-refractivity contribution < 1.29 is 0 Å². The van der Waals surface area contributed by atoms with Gasteiger partial charge in [0.15, 0.2) is 0 Å². The van der Waals surface area contributed by atoms with Gasteiger partial charge in [0.05, 0.1) is 11.2 Å². The molecule has 0 saturated heterocycles. The highest BCUT2D eigenvalue weighted by molar-refractivity contribution is 5.86. The lowest BCUT2D eigenvalue weighted by Crippen LogP contribution is -2.20. The molecule has 1 saturated carbocycles. The summed E-state index contributed by atoms with van der Waals surface area (Å²) in [6, 6.07) is 6.39. The summed E-state index contributed by atoms with van der Waals surface area (Å²) in [6.07, 6.45) is 2.19. The molecule has 2 aromatic rings. The summed E-state index contributed by atoms with van der Waals surface area (Å²) in [5, 5.41) is 5.82. The lowest BCUT2D eigenvalue weighted by atomic mass is 10.0. The molecule has 84 valence electrons. The molecule has 1 aromatic carbocycles. The molecule has 0 spiro atoms. The highest BCUT2D eigenvalue weighted by atomic mass is 15.3. The van der Waals surface area contributed by atoms with Gasteiger partial charge in [-0.1, -0.05) is 18.2 Å². The maximum Gasteiger partial charge on any atom is 0.0735 e. The topological polar surface area (TPSA) is 43.8 Å². The summed E-state index contributed by atoms with van der Waals surface area (Å²) in [5.41, 5.74) is 9.85. The summed E-state index contributed by atoms with van der Waals surface area (Å²) in [4.78, 5) is 0. The van der Waals surface area contributed by atoms with Crippen LogP contribution < -0.4 is 5.73 Å². The van der Waals surface area contributed by atoms with Crippen molar-refractivity contribution in [3.8, 4) is 0 Å². The lowest BCUT2D eigenvalue weighted by molar-refractivity contribution is 0.662. The average Bonchev–Trinajstić information content (AvgIpc) is 2.95. The van der Waals surface area contributed by atoms with Gasteiger partial charge >= 0.3 is 0 Å². The molecule has 1 aliphatic carbocycles. The van der Waals surface area contributed by atoms with E-state index in [1.165, 1.54) is 16.5 Å². The Hall–Kier alpha value is -1.35. The van der Waals surface area contributed by atoms with E-state index in [4.69, 9.17) is 5.73 Å². The van der Waals surface area contributed by atoms with E-state index in [1.807, 2.05) is 0 Å². The molecule has 3 nitrogen and oxygen atoms in total. The Labute approximate surface area is 95.2 Å². The average molecular weight is 215 g/mol. The number of aromatic nitrogens is 2. The minimum atomic E-state index is -0.0844. The SMILES string of the molecule is CCn1nc(C)c2cccc(C3(N)CC3)c21. The third-order valence-corrected chi connectivity index (χ3v) is 3.58. The first kappa shape index (κ1) is 9.85. The van der Waals surface area contributed by atoms with Crippen LogP contribution in [0, 0.1) is 6.92 Å². The standard InChI is InChI=1S/C13H17N3/c1-3-16-12-10(9(2)15-16)5-4-6-11(12)13(14)7-8-13/h4-6H,3,7-8,14H2,1-2H3. The van der Waals surface area contributed by atoms with Crippen LogP contribution in [0.25, 0.3) is 10.9 Å². The van der Waals surface area contributed by atoms with E-state index in [-0.39, 0.29) is 5.54 Å². The van der Waals surface area contributed by atoms with Crippen molar-refractivity contribution in [2.75, 3.05) is 0 Å². The number of hydrogen-bond acceptors (Lipinski definition) is 2. The minimum Gasteiger partial charge on any atom is -0.321 e. The second kappa shape index (κ2) is 3.08. The van der Waals surface area contributed by atoms with Gasteiger partial charge in [-0.25, -0.2) is 0 Å². The molecule has 16 heavy (non-hydrogen) atoms. The van der Waals surface area contributed by atoms with Crippen LogP contribution in [0.2, 0.25) is 0 Å². The van der Waals surface area contributed by atoms with Gasteiger partial charge in [-0.2, -0.15) is 5.10 Å². The van der Waals surface area contributed by atoms with E-state index in [0.29, 0.717) is 0 Å². The second-order valence-electron chi connectivity index (χ2n) is 4.76. The van der Waals surface area contributed by atoms with E-state index in [2.05, 4.69) is 41.8 Å². The summed E-state index contributed by atoms with van der Waals surface area (Å²) in [7, 11) is 0. The fourth-order valence-corrected chi connectivity index (χ4v) is 2.43. The number of hydrogen-bond donors (Lipinski definition) is 1. The first-order valence-electron chi connectivity index (χ1n) is 5.91. The molecule has 0 aliphatic heterocycles. The number of fused-ring (bicyclic) bond motifs is 1. The Morgan fingerprint density at radius 3 is 2.81 bits per heavy atom. The van der Waals surface area contributed by atoms with E-state index in [1.54, 1.807) is 0 Å². The van der Waals surface area contributed by atoms with E-state index in [0.717, 1.165) is 25.1 Å². The zero-order valence-electron chi connectivity index (χ0n) is 9.83. The maximum absolute atomic E-state index is 6.33. The van der Waals surface area contributed by atoms with E-state index in [9.17, 15) is 0 Å². The maximum atomic E-state index is 6.33. The summed E-state index contributed by atoms with van der Waals surface area (Å²) in [6.45, 7) is 5.09. The number of nitrogens with zero attached hydrogens (tertiary/aromatic N) is 2. The van der Waals surface area contributed by atoms with Crippen LogP contribution in [0.4, 0.5) is 0 Å². The van der Waals surface area contributed by atoms with Crippen molar-refractivity contribution in [1.82, 2.24) is 9.78 Å². The van der Waals surface area contributed by atoms with Crippen LogP contribution in [-0.4, -0.2) is 9.78 Å². The number of nitrogens with two attached hydrogens (primary N) is 1. The smallest absolute Gasteiger partial charge is 0.0735 e. The Morgan fingerprint density at radius 2 is 2.19 bits per heavy atom. The molecule has 1 aromatic heterocycles. The Morgan fingerprint density at radius 1 is 1.44 bits per heavy atom. The van der Waals surface area contributed by atoms with Crippen molar-refractivity contribution in [3.05, 3.63) is 29.5 Å². The first-order chi connectivity index (χ1) is 7.65. The van der Waals surface area contributed by atoms with E-state index >= 15 is 0 Å². The second-order valence-corrected chi connectivity index (χ2v) is 4.76. The third-order valence-electron chi connectivity index (χ3n) is 3.58. The third kappa shape index (κ3) is 1.21. The molecule has 0 amide bonds. The fourth-order valence-electron chi connectivity index (χ4n) is 2.43. The largest absolute Gasteiger partial charge is 0.321 e. The molecule has 0 bridgehead atoms. The van der Waals surface area contributed by atoms with Crippen molar-refractivity contribution in [2.24, 2.45) is 5.73 Å². The molecule has 1 fully saturated rings. The van der Waals surface area contributed by atoms with Gasteiger partial charge in [0.25, 0.3) is 0 Å². The zero-order chi connectivity index (χ0) is 11.3. The Bertz CT molecular complexity index is 550. The molecule has 3 heteroatoms. The van der Waals surface area contributed by atoms with Gasteiger partial charge in [-0.05, 0) is 32.3 Å². The molecule has 1 aliphatic rings. The number of rotatable bonds is 2. The predicted molar refractivity (Wildman–Crippen MR) is 65.2 cm³/mol. The summed E-state index contributed by atoms with van der Waals surface area (Å²) in [5.74, 6) is 0. The van der Waals surface area contributed by atoms with Crippen molar-refractivity contribution >= 4 is 10.9 Å². The summed E-state index contributed by atoms with van der Waals surface area (Å²) >= 11 is 0. The van der Waals surface area contributed by atoms with Gasteiger partial charge in [-0.3, -0.25) is 4.68 Å². The van der Waals surface area contributed by atoms with Crippen LogP contribution in [-0.2, 0) is 12.1 Å². The summed E-state index contributed by atoms with van der Waals surface area (Å²) < 4.78 is 2.08. The Balaban J connectivity index is 2.36. The van der Waals surface area contributed by atoms with Gasteiger partial charge in [0, 0.05) is 17.5 Å². The number of benzene rings is 1. The molecule has 0 unspecified atom stereocenters. The molecule has 1 heterocycles. The van der Waals surface area contributed by atoms with Crippen LogP contribution in [0.1, 0.15) is 31.0 Å².